The number of aliphatic carboxylic acids is 2. The fourth-order valence-electron chi connectivity index (χ4n) is 5.53. The van der Waals surface area contributed by atoms with Crippen LogP contribution in [0, 0.1) is 6.42 Å². The van der Waals surface area contributed by atoms with Gasteiger partial charge >= 0.3 is 13.0 Å². The summed E-state index contributed by atoms with van der Waals surface area (Å²) < 4.78 is 21.8. The number of hydrogen-bond acceptors (Lipinski definition) is 10. The van der Waals surface area contributed by atoms with Crippen LogP contribution in [0.25, 0.3) is 11.1 Å². The number of likely N-dealkylation sites (tertiary alicyclic amines) is 2. The van der Waals surface area contributed by atoms with E-state index < -0.39 is 19.1 Å². The van der Waals surface area contributed by atoms with Crippen LogP contribution in [-0.2, 0) is 52.7 Å². The number of carbonyl (C=O) groups excluding carboxylic acids is 2. The summed E-state index contributed by atoms with van der Waals surface area (Å²) in [5.41, 5.74) is 4.70. The number of ether oxygens (including phenoxy) is 4. The average molecular weight is 973 g/mol. The number of carboxylic acids is 2. The van der Waals surface area contributed by atoms with Gasteiger partial charge < -0.3 is 44.1 Å². The molecule has 0 bridgehead atoms. The molecule has 0 aliphatic carbocycles. The van der Waals surface area contributed by atoms with Gasteiger partial charge in [0.1, 0.15) is 29.4 Å². The van der Waals surface area contributed by atoms with Gasteiger partial charge in [0.2, 0.25) is 5.91 Å². The molecule has 14 nitrogen and oxygen atoms in total. The molecule has 0 saturated carbocycles. The third-order valence-electron chi connectivity index (χ3n) is 8.20. The van der Waals surface area contributed by atoms with E-state index in [1.807, 2.05) is 64.4 Å². The smallest absolute Gasteiger partial charge is 0.488 e. The first-order valence-electron chi connectivity index (χ1n) is 18.0. The normalized spacial score (nSPS) is 12.2. The van der Waals surface area contributed by atoms with Gasteiger partial charge in [-0.25, -0.2) is 4.79 Å². The number of carboxylic acid groups (broad SMARTS) is 2. The van der Waals surface area contributed by atoms with Crippen molar-refractivity contribution in [1.29, 1.82) is 0 Å². The van der Waals surface area contributed by atoms with Gasteiger partial charge in [-0.15, -0.1) is 0 Å². The van der Waals surface area contributed by atoms with E-state index in [2.05, 4.69) is 22.0 Å². The monoisotopic (exact) mass is 971 g/mol. The Morgan fingerprint density at radius 3 is 1.76 bits per heavy atom. The van der Waals surface area contributed by atoms with E-state index in [1.165, 1.54) is 7.11 Å². The van der Waals surface area contributed by atoms with Gasteiger partial charge in [0.25, 0.3) is 11.9 Å². The standard InChI is InChI=1S/C19H21NO3.C12H13BrNO2.C7H9BO3.2C2H4O2.Pd/c1-22-16-6-3-5-15(12-16)17-11-14(8-9-18(17)23-2)13-20-10-4-7-19(20)21;1-16-11-5-4-9(7-10(11)13)8-14-6-2-3-12(14)15;1-11-7-4-2-3-6(5-7)8(9)10;2*1-2(3)4;/h3,5-6,8-9,11-12H,4,7,10,13H2,1-2H3;3-5,7H,2,6,8H2,1H3;2-5,9-10H,1H3;2*1H3,(H,3,4);/q;+1;;;;. The molecule has 320 valence electrons. The Kier molecular flexibility index (Phi) is 24.3. The van der Waals surface area contributed by atoms with Crippen LogP contribution in [0.4, 0.5) is 0 Å². The Morgan fingerprint density at radius 2 is 1.27 bits per heavy atom. The molecule has 2 fully saturated rings. The van der Waals surface area contributed by atoms with Crippen LogP contribution in [-0.4, -0.2) is 102 Å². The molecular weight excluding hydrogens is 922 g/mol. The van der Waals surface area contributed by atoms with Gasteiger partial charge in [-0.1, -0.05) is 36.4 Å². The molecule has 4 aromatic carbocycles. The van der Waals surface area contributed by atoms with Gasteiger partial charge in [0, 0.05) is 59.3 Å². The maximum absolute atomic E-state index is 11.8. The topological polar surface area (TPSA) is 193 Å². The quantitative estimate of drug-likeness (QED) is 0.116. The summed E-state index contributed by atoms with van der Waals surface area (Å²) in [4.78, 5) is 45.0. The molecule has 2 amide bonds. The van der Waals surface area contributed by atoms with Crippen LogP contribution in [0.2, 0.25) is 0 Å². The SMILES string of the molecule is CC(=O)O.CC(=O)O.COc1ccc(CN2CC[CH+]C2=O)cc1Br.COc1cccc(-c2cc(CN3CCCC3=O)ccc2OC)c1.COc1cccc(B(O)O)c1.[Pd]. The summed E-state index contributed by atoms with van der Waals surface area (Å²) in [7, 11) is 5.07. The molecular formula is C42H51BBrN2O12Pd+. The first-order valence-corrected chi connectivity index (χ1v) is 18.8. The molecule has 17 heteroatoms. The molecule has 0 atom stereocenters. The van der Waals surface area contributed by atoms with Crippen molar-refractivity contribution in [2.24, 2.45) is 0 Å². The zero-order valence-corrected chi connectivity index (χ0v) is 37.0. The molecule has 4 aromatic rings. The van der Waals surface area contributed by atoms with Crippen LogP contribution in [0.1, 0.15) is 44.2 Å². The number of rotatable bonds is 10. The maximum Gasteiger partial charge on any atom is 0.488 e. The van der Waals surface area contributed by atoms with Crippen LogP contribution in [0.3, 0.4) is 0 Å². The van der Waals surface area contributed by atoms with Crippen molar-refractivity contribution >= 4 is 52.3 Å². The third kappa shape index (κ3) is 19.1. The molecule has 0 radical (unpaired) electrons. The molecule has 0 unspecified atom stereocenters. The Morgan fingerprint density at radius 1 is 0.729 bits per heavy atom. The molecule has 0 spiro atoms. The average Bonchev–Trinajstić information content (AvgIpc) is 3.80. The maximum atomic E-state index is 11.8. The van der Waals surface area contributed by atoms with Crippen LogP contribution < -0.4 is 24.4 Å². The summed E-state index contributed by atoms with van der Waals surface area (Å²) in [5.74, 6) is 1.76. The van der Waals surface area contributed by atoms with E-state index >= 15 is 0 Å². The van der Waals surface area contributed by atoms with E-state index in [4.69, 9.17) is 48.8 Å². The Hall–Kier alpha value is -5.04. The second-order valence-corrected chi connectivity index (χ2v) is 13.4. The number of hydrogen-bond donors (Lipinski definition) is 4. The Labute approximate surface area is 368 Å². The molecule has 4 N–H and O–H groups in total. The van der Waals surface area contributed by atoms with Crippen molar-refractivity contribution in [3.8, 4) is 34.1 Å². The summed E-state index contributed by atoms with van der Waals surface area (Å²) in [6.07, 6.45) is 4.21. The van der Waals surface area contributed by atoms with E-state index in [9.17, 15) is 9.59 Å². The number of benzene rings is 4. The minimum atomic E-state index is -1.43. The first kappa shape index (κ1) is 52.0. The number of nitrogens with zero attached hydrogens (tertiary/aromatic N) is 2. The fraction of sp³-hybridized carbons (Fsp3) is 0.310. The Balaban J connectivity index is 0.000000421. The zero-order valence-electron chi connectivity index (χ0n) is 33.8. The fourth-order valence-corrected chi connectivity index (χ4v) is 6.12. The molecule has 0 aromatic heterocycles. The number of amides is 2. The summed E-state index contributed by atoms with van der Waals surface area (Å²) >= 11 is 3.44. The molecule has 6 rings (SSSR count). The molecule has 2 saturated heterocycles. The number of halogens is 1. The van der Waals surface area contributed by atoms with Gasteiger partial charge in [0.15, 0.2) is 6.42 Å². The molecule has 59 heavy (non-hydrogen) atoms. The van der Waals surface area contributed by atoms with Crippen molar-refractivity contribution in [2.45, 2.75) is 46.2 Å². The summed E-state index contributed by atoms with van der Waals surface area (Å²) in [6, 6.07) is 26.5. The van der Waals surface area contributed by atoms with Gasteiger partial charge in [-0.2, -0.15) is 0 Å². The van der Waals surface area contributed by atoms with Gasteiger partial charge in [-0.3, -0.25) is 19.3 Å². The van der Waals surface area contributed by atoms with Crippen molar-refractivity contribution in [1.82, 2.24) is 9.80 Å². The predicted molar refractivity (Wildman–Crippen MR) is 224 cm³/mol. The minimum absolute atomic E-state index is 0. The predicted octanol–water partition coefficient (Wildman–Crippen LogP) is 5.44. The summed E-state index contributed by atoms with van der Waals surface area (Å²) in [6.45, 7) is 5.15. The second-order valence-electron chi connectivity index (χ2n) is 12.6. The van der Waals surface area contributed by atoms with Crippen LogP contribution in [0.5, 0.6) is 23.0 Å². The van der Waals surface area contributed by atoms with E-state index in [-0.39, 0.29) is 32.2 Å². The van der Waals surface area contributed by atoms with Crippen LogP contribution in [0.15, 0.2) is 89.4 Å². The molecule has 2 aliphatic rings. The second kappa shape index (κ2) is 27.6. The van der Waals surface area contributed by atoms with E-state index in [0.29, 0.717) is 30.7 Å². The minimum Gasteiger partial charge on any atom is -0.497 e. The van der Waals surface area contributed by atoms with Gasteiger partial charge in [0.05, 0.1) is 46.0 Å². The van der Waals surface area contributed by atoms with Crippen LogP contribution >= 0.6 is 15.9 Å². The van der Waals surface area contributed by atoms with E-state index in [1.54, 1.807) is 52.0 Å². The Bertz CT molecular complexity index is 1930. The van der Waals surface area contributed by atoms with Crippen molar-refractivity contribution in [2.75, 3.05) is 41.5 Å². The number of methoxy groups -OCH3 is 4. The van der Waals surface area contributed by atoms with Crippen molar-refractivity contribution in [3.05, 3.63) is 107 Å². The van der Waals surface area contributed by atoms with E-state index in [0.717, 1.165) is 83.8 Å². The van der Waals surface area contributed by atoms with Crippen molar-refractivity contribution < 1.29 is 78.8 Å². The largest absolute Gasteiger partial charge is 0.497 e. The van der Waals surface area contributed by atoms with Gasteiger partial charge in [-0.05, 0) is 93.0 Å². The number of carbonyl (C=O) groups is 4. The molecule has 2 aliphatic heterocycles. The summed E-state index contributed by atoms with van der Waals surface area (Å²) in [5, 5.41) is 32.3. The molecule has 2 heterocycles. The third-order valence-corrected chi connectivity index (χ3v) is 8.82. The first-order chi connectivity index (χ1) is 27.6. The zero-order chi connectivity index (χ0) is 43.2. The van der Waals surface area contributed by atoms with Crippen molar-refractivity contribution in [3.63, 3.8) is 0 Å².